The summed E-state index contributed by atoms with van der Waals surface area (Å²) in [6.45, 7) is 1.50. The molecular weight excluding hydrogens is 305 g/mol. The Hall–Kier alpha value is -1.11. The van der Waals surface area contributed by atoms with E-state index in [0.29, 0.717) is 0 Å². The summed E-state index contributed by atoms with van der Waals surface area (Å²) in [7, 11) is 1.98. The highest BCUT2D eigenvalue weighted by molar-refractivity contribution is 5.88. The quantitative estimate of drug-likeness (QED) is 0.467. The third kappa shape index (κ3) is 2.47. The molecule has 2 aromatic heterocycles. The summed E-state index contributed by atoms with van der Waals surface area (Å²) in [5.41, 5.74) is 1.89. The number of anilines is 1. The summed E-state index contributed by atoms with van der Waals surface area (Å²) < 4.78 is 3.98. The zero-order valence-corrected chi connectivity index (χ0v) is 10.7. The molecule has 0 fully saturated rings. The number of imidazole rings is 1. The SMILES string of the molecule is CC(=O)Nc1ccc2n(cc[n+]2C)c1.[I-]. The number of nitrogens with zero attached hydrogens (tertiary/aromatic N) is 2. The maximum atomic E-state index is 10.8. The van der Waals surface area contributed by atoms with Gasteiger partial charge in [-0.2, -0.15) is 0 Å². The minimum atomic E-state index is -0.0547. The summed E-state index contributed by atoms with van der Waals surface area (Å²) in [4.78, 5) is 10.8. The molecular formula is C10H12IN3O. The summed E-state index contributed by atoms with van der Waals surface area (Å²) in [5, 5.41) is 2.74. The largest absolute Gasteiger partial charge is 1.00 e. The molecule has 0 aliphatic carbocycles. The van der Waals surface area contributed by atoms with Crippen molar-refractivity contribution >= 4 is 17.2 Å². The predicted molar refractivity (Wildman–Crippen MR) is 52.9 cm³/mol. The molecule has 0 aliphatic heterocycles. The molecule has 2 rings (SSSR count). The molecule has 0 atom stereocenters. The van der Waals surface area contributed by atoms with Crippen molar-refractivity contribution in [1.29, 1.82) is 0 Å². The predicted octanol–water partition coefficient (Wildman–Crippen LogP) is -2.27. The molecule has 0 radical (unpaired) electrons. The van der Waals surface area contributed by atoms with Gasteiger partial charge >= 0.3 is 0 Å². The summed E-state index contributed by atoms with van der Waals surface area (Å²) in [5.74, 6) is -0.0547. The Morgan fingerprint density at radius 1 is 1.47 bits per heavy atom. The first kappa shape index (κ1) is 12.0. The zero-order valence-electron chi connectivity index (χ0n) is 8.57. The molecule has 5 heteroatoms. The molecule has 0 aromatic carbocycles. The van der Waals surface area contributed by atoms with Gasteiger partial charge in [0, 0.05) is 13.0 Å². The molecule has 2 heterocycles. The lowest BCUT2D eigenvalue weighted by molar-refractivity contribution is -0.644. The fraction of sp³-hybridized carbons (Fsp3) is 0.200. The average Bonchev–Trinajstić information content (AvgIpc) is 2.46. The maximum absolute atomic E-state index is 10.8. The van der Waals surface area contributed by atoms with Crippen molar-refractivity contribution in [2.75, 3.05) is 5.32 Å². The number of aryl methyl sites for hydroxylation is 1. The van der Waals surface area contributed by atoms with Gasteiger partial charge in [-0.25, -0.2) is 8.97 Å². The van der Waals surface area contributed by atoms with E-state index < -0.39 is 0 Å². The molecule has 80 valence electrons. The van der Waals surface area contributed by atoms with E-state index >= 15 is 0 Å². The highest BCUT2D eigenvalue weighted by Crippen LogP contribution is 2.08. The minimum Gasteiger partial charge on any atom is -1.00 e. The minimum absolute atomic E-state index is 0. The zero-order chi connectivity index (χ0) is 10.1. The molecule has 0 unspecified atom stereocenters. The second-order valence-electron chi connectivity index (χ2n) is 3.27. The van der Waals surface area contributed by atoms with Crippen molar-refractivity contribution in [3.05, 3.63) is 30.7 Å². The number of carbonyl (C=O) groups is 1. The van der Waals surface area contributed by atoms with Crippen LogP contribution in [0.4, 0.5) is 5.69 Å². The van der Waals surface area contributed by atoms with Gasteiger partial charge in [-0.15, -0.1) is 0 Å². The first-order chi connectivity index (χ1) is 6.66. The number of pyridine rings is 1. The van der Waals surface area contributed by atoms with Gasteiger partial charge in [-0.1, -0.05) is 0 Å². The number of hydrogen-bond donors (Lipinski definition) is 1. The second kappa shape index (κ2) is 4.61. The van der Waals surface area contributed by atoms with Crippen LogP contribution in [0.25, 0.3) is 5.65 Å². The van der Waals surface area contributed by atoms with Crippen LogP contribution in [-0.2, 0) is 11.8 Å². The van der Waals surface area contributed by atoms with E-state index in [1.165, 1.54) is 6.92 Å². The van der Waals surface area contributed by atoms with Crippen LogP contribution >= 0.6 is 0 Å². The van der Waals surface area contributed by atoms with Crippen molar-refractivity contribution < 1.29 is 33.3 Å². The number of hydrogen-bond acceptors (Lipinski definition) is 1. The van der Waals surface area contributed by atoms with Crippen LogP contribution in [0.5, 0.6) is 0 Å². The van der Waals surface area contributed by atoms with Crippen molar-refractivity contribution in [2.45, 2.75) is 6.92 Å². The van der Waals surface area contributed by atoms with Crippen LogP contribution < -0.4 is 33.9 Å². The van der Waals surface area contributed by atoms with Crippen molar-refractivity contribution in [2.24, 2.45) is 7.05 Å². The van der Waals surface area contributed by atoms with Gasteiger partial charge in [-0.05, 0) is 6.07 Å². The molecule has 1 amide bonds. The Morgan fingerprint density at radius 3 is 2.87 bits per heavy atom. The molecule has 0 saturated carbocycles. The molecule has 2 aromatic rings. The van der Waals surface area contributed by atoms with Crippen LogP contribution in [0, 0.1) is 0 Å². The smallest absolute Gasteiger partial charge is 0.286 e. The molecule has 0 aliphatic rings. The molecule has 15 heavy (non-hydrogen) atoms. The third-order valence-electron chi connectivity index (χ3n) is 2.09. The first-order valence-corrected chi connectivity index (χ1v) is 4.41. The van der Waals surface area contributed by atoms with Gasteiger partial charge in [0.15, 0.2) is 0 Å². The van der Waals surface area contributed by atoms with Gasteiger partial charge in [0.05, 0.1) is 12.7 Å². The number of aromatic nitrogens is 2. The van der Waals surface area contributed by atoms with Gasteiger partial charge in [0.1, 0.15) is 18.6 Å². The Morgan fingerprint density at radius 2 is 2.20 bits per heavy atom. The van der Waals surface area contributed by atoms with Crippen LogP contribution in [0.1, 0.15) is 6.92 Å². The van der Waals surface area contributed by atoms with E-state index in [9.17, 15) is 4.79 Å². The Labute approximate surface area is 105 Å². The number of fused-ring (bicyclic) bond motifs is 1. The van der Waals surface area contributed by atoms with E-state index in [1.807, 2.05) is 46.7 Å². The first-order valence-electron chi connectivity index (χ1n) is 4.41. The number of amides is 1. The lowest BCUT2D eigenvalue weighted by Gasteiger charge is -1.98. The summed E-state index contributed by atoms with van der Waals surface area (Å²) in [6, 6.07) is 3.85. The molecule has 0 saturated heterocycles. The Kier molecular flexibility index (Phi) is 3.67. The van der Waals surface area contributed by atoms with Gasteiger partial charge < -0.3 is 29.3 Å². The number of nitrogens with one attached hydrogen (secondary N) is 1. The highest BCUT2D eigenvalue weighted by Gasteiger charge is 2.06. The molecule has 0 spiro atoms. The standard InChI is InChI=1S/C10H11N3O.HI/c1-8(14)11-9-3-4-10-12(2)5-6-13(10)7-9;/h3-7H,1-2H3;1H. The average molecular weight is 317 g/mol. The number of halogens is 1. The Balaban J connectivity index is 0.00000112. The lowest BCUT2D eigenvalue weighted by atomic mass is 10.4. The van der Waals surface area contributed by atoms with Crippen molar-refractivity contribution in [3.63, 3.8) is 0 Å². The number of rotatable bonds is 1. The molecule has 0 bridgehead atoms. The van der Waals surface area contributed by atoms with E-state index in [4.69, 9.17) is 0 Å². The third-order valence-corrected chi connectivity index (χ3v) is 2.09. The fourth-order valence-electron chi connectivity index (χ4n) is 1.45. The van der Waals surface area contributed by atoms with Crippen LogP contribution in [-0.4, -0.2) is 10.3 Å². The van der Waals surface area contributed by atoms with Gasteiger partial charge in [-0.3, -0.25) is 4.79 Å². The van der Waals surface area contributed by atoms with Crippen LogP contribution in [0.2, 0.25) is 0 Å². The number of carbonyl (C=O) groups excluding carboxylic acids is 1. The monoisotopic (exact) mass is 317 g/mol. The second-order valence-corrected chi connectivity index (χ2v) is 3.27. The maximum Gasteiger partial charge on any atom is 0.286 e. The Bertz CT molecular complexity index is 492. The normalized spacial score (nSPS) is 9.73. The van der Waals surface area contributed by atoms with Crippen LogP contribution in [0.15, 0.2) is 30.7 Å². The van der Waals surface area contributed by atoms with E-state index in [-0.39, 0.29) is 29.9 Å². The molecule has 1 N–H and O–H groups in total. The highest BCUT2D eigenvalue weighted by atomic mass is 127. The topological polar surface area (TPSA) is 37.4 Å². The van der Waals surface area contributed by atoms with E-state index in [1.54, 1.807) is 0 Å². The van der Waals surface area contributed by atoms with Gasteiger partial charge in [0.2, 0.25) is 5.91 Å². The lowest BCUT2D eigenvalue weighted by Crippen LogP contribution is -3.00. The van der Waals surface area contributed by atoms with E-state index in [0.717, 1.165) is 11.3 Å². The van der Waals surface area contributed by atoms with Crippen molar-refractivity contribution in [1.82, 2.24) is 4.40 Å². The van der Waals surface area contributed by atoms with Crippen molar-refractivity contribution in [3.8, 4) is 0 Å². The molecule has 4 nitrogen and oxygen atoms in total. The van der Waals surface area contributed by atoms with Gasteiger partial charge in [0.25, 0.3) is 5.65 Å². The van der Waals surface area contributed by atoms with Crippen LogP contribution in [0.3, 0.4) is 0 Å². The summed E-state index contributed by atoms with van der Waals surface area (Å²) in [6.07, 6.45) is 5.80. The van der Waals surface area contributed by atoms with E-state index in [2.05, 4.69) is 5.32 Å². The summed E-state index contributed by atoms with van der Waals surface area (Å²) >= 11 is 0. The fourth-order valence-corrected chi connectivity index (χ4v) is 1.45.